The fourth-order valence-electron chi connectivity index (χ4n) is 5.42. The van der Waals surface area contributed by atoms with Crippen molar-refractivity contribution in [3.05, 3.63) is 71.8 Å². The van der Waals surface area contributed by atoms with E-state index >= 15 is 0 Å². The second-order valence-corrected chi connectivity index (χ2v) is 9.67. The molecule has 1 saturated carbocycles. The maximum atomic E-state index is 13.3. The SMILES string of the molecule is COc1ccc([C@@H]2CC(=O)N(C(=O)NC(C)c3cccc4ccccc34)N2C)cc1OC1CCCC1. The predicted molar refractivity (Wildman–Crippen MR) is 139 cm³/mol. The summed E-state index contributed by atoms with van der Waals surface area (Å²) in [5.41, 5.74) is 1.92. The van der Waals surface area contributed by atoms with Crippen molar-refractivity contribution in [2.24, 2.45) is 0 Å². The van der Waals surface area contributed by atoms with Crippen molar-refractivity contribution in [1.82, 2.24) is 15.3 Å². The number of amides is 3. The van der Waals surface area contributed by atoms with E-state index in [2.05, 4.69) is 17.4 Å². The number of nitrogens with zero attached hydrogens (tertiary/aromatic N) is 2. The van der Waals surface area contributed by atoms with E-state index in [1.807, 2.05) is 55.5 Å². The summed E-state index contributed by atoms with van der Waals surface area (Å²) < 4.78 is 11.8. The molecule has 1 N–H and O–H groups in total. The van der Waals surface area contributed by atoms with E-state index in [4.69, 9.17) is 9.47 Å². The molecule has 0 radical (unpaired) electrons. The van der Waals surface area contributed by atoms with Crippen molar-refractivity contribution < 1.29 is 19.1 Å². The van der Waals surface area contributed by atoms with Gasteiger partial charge in [0.15, 0.2) is 11.5 Å². The number of nitrogens with one attached hydrogen (secondary N) is 1. The van der Waals surface area contributed by atoms with Gasteiger partial charge in [0.2, 0.25) is 5.91 Å². The topological polar surface area (TPSA) is 71.1 Å². The van der Waals surface area contributed by atoms with Gasteiger partial charge in [-0.15, -0.1) is 0 Å². The van der Waals surface area contributed by atoms with Gasteiger partial charge < -0.3 is 14.8 Å². The number of hydrogen-bond acceptors (Lipinski definition) is 5. The number of ether oxygens (including phenoxy) is 2. The molecule has 0 spiro atoms. The molecule has 0 aromatic heterocycles. The third-order valence-corrected chi connectivity index (χ3v) is 7.36. The van der Waals surface area contributed by atoms with Crippen LogP contribution in [0.1, 0.15) is 62.2 Å². The standard InChI is InChI=1S/C29H33N3O4/c1-19(23-14-8-10-20-9-4-7-13-24(20)23)30-29(34)32-28(33)18-25(31(32)2)21-15-16-26(35-3)27(17-21)36-22-11-5-6-12-22/h4,7-10,13-17,19,22,25H,5-6,11-12,18H2,1-3H3,(H,30,34)/t19?,25-/m0/s1. The Balaban J connectivity index is 1.33. The summed E-state index contributed by atoms with van der Waals surface area (Å²) in [7, 11) is 3.41. The molecule has 0 bridgehead atoms. The van der Waals surface area contributed by atoms with E-state index < -0.39 is 6.03 Å². The van der Waals surface area contributed by atoms with Crippen molar-refractivity contribution in [3.63, 3.8) is 0 Å². The highest BCUT2D eigenvalue weighted by atomic mass is 16.5. The van der Waals surface area contributed by atoms with Crippen LogP contribution >= 0.6 is 0 Å². The Morgan fingerprint density at radius 2 is 1.78 bits per heavy atom. The molecule has 1 aliphatic heterocycles. The summed E-state index contributed by atoms with van der Waals surface area (Å²) in [6.07, 6.45) is 4.83. The molecular formula is C29H33N3O4. The van der Waals surface area contributed by atoms with Crippen LogP contribution in [0.2, 0.25) is 0 Å². The van der Waals surface area contributed by atoms with E-state index in [0.717, 1.165) is 34.7 Å². The van der Waals surface area contributed by atoms with Gasteiger partial charge in [0, 0.05) is 7.05 Å². The number of hydrazine groups is 1. The Bertz CT molecular complexity index is 1270. The fraction of sp³-hybridized carbons (Fsp3) is 0.379. The summed E-state index contributed by atoms with van der Waals surface area (Å²) in [5, 5.41) is 8.15. The summed E-state index contributed by atoms with van der Waals surface area (Å²) in [6, 6.07) is 18.9. The van der Waals surface area contributed by atoms with Crippen LogP contribution in [0.4, 0.5) is 4.79 Å². The van der Waals surface area contributed by atoms with Crippen LogP contribution in [0.25, 0.3) is 10.8 Å². The van der Waals surface area contributed by atoms with Gasteiger partial charge in [-0.2, -0.15) is 5.01 Å². The van der Waals surface area contributed by atoms with Crippen molar-refractivity contribution in [2.75, 3.05) is 14.2 Å². The highest BCUT2D eigenvalue weighted by Gasteiger charge is 2.40. The van der Waals surface area contributed by atoms with Gasteiger partial charge in [-0.3, -0.25) is 4.79 Å². The number of hydrogen-bond donors (Lipinski definition) is 1. The van der Waals surface area contributed by atoms with Crippen molar-refractivity contribution in [2.45, 2.75) is 57.2 Å². The zero-order valence-corrected chi connectivity index (χ0v) is 21.1. The van der Waals surface area contributed by atoms with Gasteiger partial charge in [-0.1, -0.05) is 48.5 Å². The zero-order chi connectivity index (χ0) is 25.2. The maximum Gasteiger partial charge on any atom is 0.339 e. The second-order valence-electron chi connectivity index (χ2n) is 9.67. The minimum absolute atomic E-state index is 0.190. The molecule has 2 aliphatic rings. The maximum absolute atomic E-state index is 13.3. The largest absolute Gasteiger partial charge is 0.493 e. The highest BCUT2D eigenvalue weighted by Crippen LogP contribution is 2.38. The van der Waals surface area contributed by atoms with E-state index in [1.54, 1.807) is 19.2 Å². The van der Waals surface area contributed by atoms with Crippen LogP contribution in [0, 0.1) is 0 Å². The van der Waals surface area contributed by atoms with Gasteiger partial charge in [0.05, 0.1) is 31.7 Å². The molecule has 1 saturated heterocycles. The van der Waals surface area contributed by atoms with Crippen LogP contribution < -0.4 is 14.8 Å². The van der Waals surface area contributed by atoms with Crippen molar-refractivity contribution in [1.29, 1.82) is 0 Å². The lowest BCUT2D eigenvalue weighted by atomic mass is 10.00. The van der Waals surface area contributed by atoms with Crippen molar-refractivity contribution >= 4 is 22.7 Å². The molecule has 3 amide bonds. The van der Waals surface area contributed by atoms with E-state index in [1.165, 1.54) is 17.9 Å². The van der Waals surface area contributed by atoms with Crippen LogP contribution in [-0.4, -0.2) is 42.2 Å². The Labute approximate surface area is 211 Å². The smallest absolute Gasteiger partial charge is 0.339 e. The van der Waals surface area contributed by atoms with Crippen LogP contribution in [0.3, 0.4) is 0 Å². The first-order valence-corrected chi connectivity index (χ1v) is 12.6. The molecule has 1 unspecified atom stereocenters. The van der Waals surface area contributed by atoms with Gasteiger partial charge in [-0.25, -0.2) is 9.80 Å². The van der Waals surface area contributed by atoms with E-state index in [9.17, 15) is 9.59 Å². The number of fused-ring (bicyclic) bond motifs is 1. The first kappa shape index (κ1) is 24.1. The van der Waals surface area contributed by atoms with Gasteiger partial charge >= 0.3 is 6.03 Å². The normalized spacial score (nSPS) is 19.6. The van der Waals surface area contributed by atoms with Crippen LogP contribution in [0.5, 0.6) is 11.5 Å². The number of imide groups is 1. The number of rotatable bonds is 6. The summed E-state index contributed by atoms with van der Waals surface area (Å²) in [5.74, 6) is 1.13. The summed E-state index contributed by atoms with van der Waals surface area (Å²) >= 11 is 0. The minimum Gasteiger partial charge on any atom is -0.493 e. The molecule has 1 aliphatic carbocycles. The third kappa shape index (κ3) is 4.63. The Kier molecular flexibility index (Phi) is 6.83. The molecule has 188 valence electrons. The Morgan fingerprint density at radius 1 is 1.03 bits per heavy atom. The number of carbonyl (C=O) groups is 2. The summed E-state index contributed by atoms with van der Waals surface area (Å²) in [6.45, 7) is 1.94. The fourth-order valence-corrected chi connectivity index (χ4v) is 5.42. The second kappa shape index (κ2) is 10.2. The third-order valence-electron chi connectivity index (χ3n) is 7.36. The number of methoxy groups -OCH3 is 1. The first-order valence-electron chi connectivity index (χ1n) is 12.6. The lowest BCUT2D eigenvalue weighted by molar-refractivity contribution is -0.131. The molecular weight excluding hydrogens is 454 g/mol. The quantitative estimate of drug-likeness (QED) is 0.479. The molecule has 7 nitrogen and oxygen atoms in total. The molecule has 2 atom stereocenters. The molecule has 7 heteroatoms. The van der Waals surface area contributed by atoms with Gasteiger partial charge in [0.25, 0.3) is 0 Å². The molecule has 2 fully saturated rings. The van der Waals surface area contributed by atoms with Gasteiger partial charge in [0.1, 0.15) is 0 Å². The number of benzene rings is 3. The van der Waals surface area contributed by atoms with Crippen molar-refractivity contribution in [3.8, 4) is 11.5 Å². The molecule has 3 aromatic rings. The highest BCUT2D eigenvalue weighted by molar-refractivity contribution is 5.96. The average molecular weight is 488 g/mol. The molecule has 36 heavy (non-hydrogen) atoms. The van der Waals surface area contributed by atoms with Crippen LogP contribution in [-0.2, 0) is 4.79 Å². The molecule has 1 heterocycles. The number of carbonyl (C=O) groups excluding carboxylic acids is 2. The lowest BCUT2D eigenvalue weighted by Gasteiger charge is -2.28. The average Bonchev–Trinajstić information content (AvgIpc) is 3.50. The molecule has 3 aromatic carbocycles. The lowest BCUT2D eigenvalue weighted by Crippen LogP contribution is -2.48. The number of urea groups is 1. The van der Waals surface area contributed by atoms with E-state index in [-0.39, 0.29) is 30.5 Å². The van der Waals surface area contributed by atoms with Gasteiger partial charge in [-0.05, 0) is 66.6 Å². The zero-order valence-electron chi connectivity index (χ0n) is 21.1. The molecule has 5 rings (SSSR count). The first-order chi connectivity index (χ1) is 17.5. The monoisotopic (exact) mass is 487 g/mol. The Hall–Kier alpha value is -3.58. The summed E-state index contributed by atoms with van der Waals surface area (Å²) in [4.78, 5) is 26.3. The van der Waals surface area contributed by atoms with E-state index in [0.29, 0.717) is 11.5 Å². The Morgan fingerprint density at radius 3 is 2.56 bits per heavy atom. The minimum atomic E-state index is -0.429. The van der Waals surface area contributed by atoms with Crippen LogP contribution in [0.15, 0.2) is 60.7 Å². The predicted octanol–water partition coefficient (Wildman–Crippen LogP) is 5.76.